The number of aliphatic hydroxyl groups is 1. The Morgan fingerprint density at radius 2 is 2.19 bits per heavy atom. The lowest BCUT2D eigenvalue weighted by Gasteiger charge is -2.37. The summed E-state index contributed by atoms with van der Waals surface area (Å²) in [6.07, 6.45) is 4.20. The molecule has 7 heteroatoms. The van der Waals surface area contributed by atoms with Crippen LogP contribution < -0.4 is 4.90 Å². The molecule has 0 radical (unpaired) electrons. The van der Waals surface area contributed by atoms with E-state index in [9.17, 15) is 10.1 Å². The number of aliphatic hydroxyl groups excluding tert-OH is 1. The van der Waals surface area contributed by atoms with E-state index in [-0.39, 0.29) is 12.3 Å². The van der Waals surface area contributed by atoms with Gasteiger partial charge in [0.1, 0.15) is 12.0 Å². The van der Waals surface area contributed by atoms with E-state index in [4.69, 9.17) is 5.11 Å². The van der Waals surface area contributed by atoms with Gasteiger partial charge in [-0.15, -0.1) is 0 Å². The van der Waals surface area contributed by atoms with E-state index < -0.39 is 4.92 Å². The van der Waals surface area contributed by atoms with Crippen molar-refractivity contribution in [1.29, 1.82) is 0 Å². The lowest BCUT2D eigenvalue weighted by atomic mass is 10.0. The average Bonchev–Trinajstić information content (AvgIpc) is 2.53. The molecule has 0 aromatic carbocycles. The zero-order chi connectivity index (χ0) is 15.2. The molecule has 1 saturated heterocycles. The van der Waals surface area contributed by atoms with Gasteiger partial charge in [0.15, 0.2) is 0 Å². The summed E-state index contributed by atoms with van der Waals surface area (Å²) in [5.41, 5.74) is 0.0253. The average molecular weight is 294 g/mol. The fraction of sp³-hybridized carbons (Fsp3) is 0.643. The standard InChI is InChI=1S/C14H22N4O3/c1-16(7-2-10-19)12-5-8-17(9-6-12)14-4-3-13(11-15-14)18(20)21/h3-4,11-12,19H,2,5-10H2,1H3. The molecule has 0 saturated carbocycles. The molecule has 1 fully saturated rings. The Morgan fingerprint density at radius 3 is 2.71 bits per heavy atom. The molecule has 1 aromatic rings. The van der Waals surface area contributed by atoms with Gasteiger partial charge in [0, 0.05) is 38.3 Å². The molecule has 2 rings (SSSR count). The lowest BCUT2D eigenvalue weighted by molar-refractivity contribution is -0.385. The molecule has 0 unspecified atom stereocenters. The number of hydrogen-bond donors (Lipinski definition) is 1. The van der Waals surface area contributed by atoms with E-state index in [0.29, 0.717) is 6.04 Å². The molecule has 1 aromatic heterocycles. The molecule has 0 aliphatic carbocycles. The van der Waals surface area contributed by atoms with Crippen LogP contribution in [0.2, 0.25) is 0 Å². The fourth-order valence-electron chi connectivity index (χ4n) is 2.71. The second kappa shape index (κ2) is 7.33. The maximum atomic E-state index is 10.6. The Morgan fingerprint density at radius 1 is 1.48 bits per heavy atom. The van der Waals surface area contributed by atoms with E-state index in [1.165, 1.54) is 12.3 Å². The first-order valence-electron chi connectivity index (χ1n) is 7.28. The molecule has 21 heavy (non-hydrogen) atoms. The highest BCUT2D eigenvalue weighted by Crippen LogP contribution is 2.22. The highest BCUT2D eigenvalue weighted by Gasteiger charge is 2.23. The molecule has 0 atom stereocenters. The zero-order valence-corrected chi connectivity index (χ0v) is 12.3. The number of aromatic nitrogens is 1. The lowest BCUT2D eigenvalue weighted by Crippen LogP contribution is -2.44. The Bertz CT molecular complexity index is 458. The van der Waals surface area contributed by atoms with Crippen LogP contribution in [-0.2, 0) is 0 Å². The second-order valence-electron chi connectivity index (χ2n) is 5.41. The summed E-state index contributed by atoms with van der Waals surface area (Å²) >= 11 is 0. The fourth-order valence-corrected chi connectivity index (χ4v) is 2.71. The summed E-state index contributed by atoms with van der Waals surface area (Å²) in [5.74, 6) is 0.803. The molecular formula is C14H22N4O3. The molecular weight excluding hydrogens is 272 g/mol. The summed E-state index contributed by atoms with van der Waals surface area (Å²) < 4.78 is 0. The van der Waals surface area contributed by atoms with Gasteiger partial charge in [-0.3, -0.25) is 10.1 Å². The van der Waals surface area contributed by atoms with Crippen molar-refractivity contribution in [2.24, 2.45) is 0 Å². The van der Waals surface area contributed by atoms with Crippen molar-refractivity contribution in [3.63, 3.8) is 0 Å². The summed E-state index contributed by atoms with van der Waals surface area (Å²) in [6.45, 7) is 2.95. The van der Waals surface area contributed by atoms with Crippen molar-refractivity contribution in [3.05, 3.63) is 28.4 Å². The highest BCUT2D eigenvalue weighted by molar-refractivity contribution is 5.43. The minimum atomic E-state index is -0.431. The van der Waals surface area contributed by atoms with Gasteiger partial charge in [-0.2, -0.15) is 0 Å². The third kappa shape index (κ3) is 4.12. The molecule has 2 heterocycles. The minimum Gasteiger partial charge on any atom is -0.396 e. The van der Waals surface area contributed by atoms with Crippen LogP contribution in [0.3, 0.4) is 0 Å². The number of rotatable bonds is 6. The van der Waals surface area contributed by atoms with Crippen LogP contribution in [0.25, 0.3) is 0 Å². The number of hydrogen-bond acceptors (Lipinski definition) is 6. The zero-order valence-electron chi connectivity index (χ0n) is 12.3. The van der Waals surface area contributed by atoms with Crippen molar-refractivity contribution in [3.8, 4) is 0 Å². The van der Waals surface area contributed by atoms with Crippen LogP contribution >= 0.6 is 0 Å². The molecule has 1 N–H and O–H groups in total. The van der Waals surface area contributed by atoms with E-state index in [1.807, 2.05) is 0 Å². The van der Waals surface area contributed by atoms with Gasteiger partial charge in [0.05, 0.1) is 4.92 Å². The Kier molecular flexibility index (Phi) is 5.46. The van der Waals surface area contributed by atoms with Crippen LogP contribution in [-0.4, -0.2) is 59.2 Å². The molecule has 116 valence electrons. The normalized spacial score (nSPS) is 16.4. The third-order valence-corrected chi connectivity index (χ3v) is 4.02. The van der Waals surface area contributed by atoms with Gasteiger partial charge in [-0.1, -0.05) is 0 Å². The summed E-state index contributed by atoms with van der Waals surface area (Å²) in [6, 6.07) is 3.75. The van der Waals surface area contributed by atoms with Crippen molar-refractivity contribution in [1.82, 2.24) is 9.88 Å². The SMILES string of the molecule is CN(CCCO)C1CCN(c2ccc([N+](=O)[O-])cn2)CC1. The van der Waals surface area contributed by atoms with Gasteiger partial charge in [0.2, 0.25) is 0 Å². The number of pyridine rings is 1. The smallest absolute Gasteiger partial charge is 0.287 e. The number of nitro groups is 1. The van der Waals surface area contributed by atoms with Crippen molar-refractivity contribution in [2.45, 2.75) is 25.3 Å². The van der Waals surface area contributed by atoms with Gasteiger partial charge in [-0.25, -0.2) is 4.98 Å². The first kappa shape index (κ1) is 15.7. The van der Waals surface area contributed by atoms with Gasteiger partial charge < -0.3 is 14.9 Å². The third-order valence-electron chi connectivity index (χ3n) is 4.02. The van der Waals surface area contributed by atoms with Crippen molar-refractivity contribution in [2.75, 3.05) is 38.2 Å². The molecule has 0 bridgehead atoms. The van der Waals surface area contributed by atoms with Crippen LogP contribution in [0.4, 0.5) is 11.5 Å². The van der Waals surface area contributed by atoms with E-state index in [2.05, 4.69) is 21.8 Å². The minimum absolute atomic E-state index is 0.0253. The monoisotopic (exact) mass is 294 g/mol. The van der Waals surface area contributed by atoms with Crippen molar-refractivity contribution >= 4 is 11.5 Å². The Balaban J connectivity index is 1.87. The van der Waals surface area contributed by atoms with Gasteiger partial charge >= 0.3 is 0 Å². The summed E-state index contributed by atoms with van der Waals surface area (Å²) in [7, 11) is 2.10. The van der Waals surface area contributed by atoms with E-state index >= 15 is 0 Å². The van der Waals surface area contributed by atoms with Crippen LogP contribution in [0, 0.1) is 10.1 Å². The van der Waals surface area contributed by atoms with E-state index in [1.54, 1.807) is 6.07 Å². The molecule has 1 aliphatic rings. The number of anilines is 1. The molecule has 1 aliphatic heterocycles. The molecule has 7 nitrogen and oxygen atoms in total. The topological polar surface area (TPSA) is 82.7 Å². The first-order chi connectivity index (χ1) is 10.1. The number of piperidine rings is 1. The summed E-state index contributed by atoms with van der Waals surface area (Å²) in [4.78, 5) is 18.8. The molecule has 0 amide bonds. The van der Waals surface area contributed by atoms with Crippen LogP contribution in [0.15, 0.2) is 18.3 Å². The van der Waals surface area contributed by atoms with Crippen molar-refractivity contribution < 1.29 is 10.0 Å². The Labute approximate surface area is 124 Å². The predicted octanol–water partition coefficient (Wildman–Crippen LogP) is 1.27. The van der Waals surface area contributed by atoms with Gasteiger partial charge in [-0.05, 0) is 32.4 Å². The number of nitrogens with zero attached hydrogens (tertiary/aromatic N) is 4. The second-order valence-corrected chi connectivity index (χ2v) is 5.41. The van der Waals surface area contributed by atoms with Gasteiger partial charge in [0.25, 0.3) is 5.69 Å². The first-order valence-corrected chi connectivity index (χ1v) is 7.28. The van der Waals surface area contributed by atoms with E-state index in [0.717, 1.165) is 44.7 Å². The predicted molar refractivity (Wildman–Crippen MR) is 80.5 cm³/mol. The quantitative estimate of drug-likeness (QED) is 0.628. The summed E-state index contributed by atoms with van der Waals surface area (Å²) in [5, 5.41) is 19.5. The Hall–Kier alpha value is -1.73. The highest BCUT2D eigenvalue weighted by atomic mass is 16.6. The maximum absolute atomic E-state index is 10.6. The van der Waals surface area contributed by atoms with Crippen LogP contribution in [0.5, 0.6) is 0 Å². The maximum Gasteiger partial charge on any atom is 0.287 e. The largest absolute Gasteiger partial charge is 0.396 e. The van der Waals surface area contributed by atoms with Crippen LogP contribution in [0.1, 0.15) is 19.3 Å². The molecule has 0 spiro atoms.